The van der Waals surface area contributed by atoms with Gasteiger partial charge < -0.3 is 15.2 Å². The van der Waals surface area contributed by atoms with Crippen molar-refractivity contribution in [1.29, 1.82) is 0 Å². The Morgan fingerprint density at radius 3 is 2.46 bits per heavy atom. The predicted octanol–water partition coefficient (Wildman–Crippen LogP) is 1.09. The Hall–Kier alpha value is -2.90. The third-order valence-corrected chi connectivity index (χ3v) is 3.14. The van der Waals surface area contributed by atoms with Crippen LogP contribution in [0, 0.1) is 6.92 Å². The standard InChI is InChI=1S/C16H20N2O6/c1-9-4-6-13(23-3)11(8-9)12(19)5-7-14(20)24-10(2)15(21)18-16(17)22/h4,6,8,10H,5,7H2,1-3H3,(H3,17,18,21,22). The number of ketones is 1. The summed E-state index contributed by atoms with van der Waals surface area (Å²) in [7, 11) is 1.45. The zero-order valence-corrected chi connectivity index (χ0v) is 13.8. The van der Waals surface area contributed by atoms with E-state index in [-0.39, 0.29) is 18.6 Å². The quantitative estimate of drug-likeness (QED) is 0.567. The molecule has 0 aliphatic heterocycles. The number of aryl methyl sites for hydroxylation is 1. The van der Waals surface area contributed by atoms with Crippen molar-refractivity contribution in [2.45, 2.75) is 32.8 Å². The van der Waals surface area contributed by atoms with Gasteiger partial charge in [-0.05, 0) is 26.0 Å². The van der Waals surface area contributed by atoms with Gasteiger partial charge in [0.05, 0.1) is 19.1 Å². The summed E-state index contributed by atoms with van der Waals surface area (Å²) in [6, 6.07) is 4.12. The van der Waals surface area contributed by atoms with Crippen molar-refractivity contribution in [3.63, 3.8) is 0 Å². The van der Waals surface area contributed by atoms with E-state index in [2.05, 4.69) is 0 Å². The maximum atomic E-state index is 12.2. The van der Waals surface area contributed by atoms with Gasteiger partial charge in [-0.3, -0.25) is 19.7 Å². The number of carbonyl (C=O) groups excluding carboxylic acids is 4. The van der Waals surface area contributed by atoms with Crippen LogP contribution in [0.2, 0.25) is 0 Å². The van der Waals surface area contributed by atoms with Crippen LogP contribution in [0.4, 0.5) is 4.79 Å². The van der Waals surface area contributed by atoms with Crippen LogP contribution in [-0.2, 0) is 14.3 Å². The van der Waals surface area contributed by atoms with Gasteiger partial charge in [0, 0.05) is 6.42 Å². The number of benzene rings is 1. The lowest BCUT2D eigenvalue weighted by Gasteiger charge is -2.12. The first-order valence-corrected chi connectivity index (χ1v) is 7.22. The van der Waals surface area contributed by atoms with Crippen LogP contribution < -0.4 is 15.8 Å². The van der Waals surface area contributed by atoms with E-state index in [1.165, 1.54) is 14.0 Å². The molecule has 8 heteroatoms. The molecule has 1 aromatic carbocycles. The highest BCUT2D eigenvalue weighted by atomic mass is 16.5. The topological polar surface area (TPSA) is 125 Å². The molecule has 0 aliphatic carbocycles. The monoisotopic (exact) mass is 336 g/mol. The number of rotatable bonds is 7. The van der Waals surface area contributed by atoms with Gasteiger partial charge in [-0.1, -0.05) is 11.6 Å². The number of urea groups is 1. The fourth-order valence-electron chi connectivity index (χ4n) is 1.92. The van der Waals surface area contributed by atoms with Crippen LogP contribution in [0.3, 0.4) is 0 Å². The normalized spacial score (nSPS) is 11.3. The Labute approximate surface area is 139 Å². The molecule has 3 amide bonds. The third-order valence-electron chi connectivity index (χ3n) is 3.14. The molecule has 0 heterocycles. The van der Waals surface area contributed by atoms with Gasteiger partial charge in [0.2, 0.25) is 0 Å². The van der Waals surface area contributed by atoms with E-state index in [9.17, 15) is 19.2 Å². The minimum atomic E-state index is -1.19. The highest BCUT2D eigenvalue weighted by Gasteiger charge is 2.20. The highest BCUT2D eigenvalue weighted by molar-refractivity contribution is 6.00. The molecule has 0 aliphatic rings. The van der Waals surface area contributed by atoms with Crippen molar-refractivity contribution in [3.8, 4) is 5.75 Å². The van der Waals surface area contributed by atoms with E-state index < -0.39 is 24.0 Å². The van der Waals surface area contributed by atoms with Gasteiger partial charge in [0.25, 0.3) is 5.91 Å². The molecule has 0 saturated heterocycles. The number of Topliss-reactive ketones (excluding diaryl/α,β-unsaturated/α-hetero) is 1. The zero-order valence-electron chi connectivity index (χ0n) is 13.8. The van der Waals surface area contributed by atoms with E-state index in [4.69, 9.17) is 15.2 Å². The van der Waals surface area contributed by atoms with Gasteiger partial charge >= 0.3 is 12.0 Å². The van der Waals surface area contributed by atoms with Gasteiger partial charge in [0.15, 0.2) is 11.9 Å². The Kier molecular flexibility index (Phi) is 6.91. The molecule has 3 N–H and O–H groups in total. The minimum Gasteiger partial charge on any atom is -0.496 e. The van der Waals surface area contributed by atoms with Gasteiger partial charge in [-0.15, -0.1) is 0 Å². The summed E-state index contributed by atoms with van der Waals surface area (Å²) in [4.78, 5) is 45.9. The number of hydrogen-bond donors (Lipinski definition) is 2. The lowest BCUT2D eigenvalue weighted by Crippen LogP contribution is -2.42. The van der Waals surface area contributed by atoms with Crippen LogP contribution in [0.15, 0.2) is 18.2 Å². The van der Waals surface area contributed by atoms with Crippen LogP contribution in [0.1, 0.15) is 35.7 Å². The summed E-state index contributed by atoms with van der Waals surface area (Å²) < 4.78 is 9.96. The molecule has 1 atom stereocenters. The fourth-order valence-corrected chi connectivity index (χ4v) is 1.92. The van der Waals surface area contributed by atoms with E-state index >= 15 is 0 Å². The number of methoxy groups -OCH3 is 1. The number of amides is 3. The van der Waals surface area contributed by atoms with Gasteiger partial charge in [-0.2, -0.15) is 0 Å². The van der Waals surface area contributed by atoms with E-state index in [0.29, 0.717) is 11.3 Å². The van der Waals surface area contributed by atoms with Crippen molar-refractivity contribution < 1.29 is 28.7 Å². The second-order valence-corrected chi connectivity index (χ2v) is 5.11. The van der Waals surface area contributed by atoms with Crippen molar-refractivity contribution in [1.82, 2.24) is 5.32 Å². The first-order valence-electron chi connectivity index (χ1n) is 7.22. The molecule has 0 radical (unpaired) electrons. The van der Waals surface area contributed by atoms with E-state index in [1.54, 1.807) is 17.4 Å². The SMILES string of the molecule is COc1ccc(C)cc1C(=O)CCC(=O)OC(C)C(=O)NC(N)=O. The average molecular weight is 336 g/mol. The van der Waals surface area contributed by atoms with Crippen molar-refractivity contribution in [3.05, 3.63) is 29.3 Å². The molecule has 24 heavy (non-hydrogen) atoms. The number of imide groups is 1. The van der Waals surface area contributed by atoms with E-state index in [1.807, 2.05) is 13.0 Å². The fraction of sp³-hybridized carbons (Fsp3) is 0.375. The molecular weight excluding hydrogens is 316 g/mol. The molecular formula is C16H20N2O6. The number of nitrogens with one attached hydrogen (secondary N) is 1. The van der Waals surface area contributed by atoms with Crippen molar-refractivity contribution in [2.24, 2.45) is 5.73 Å². The molecule has 8 nitrogen and oxygen atoms in total. The Morgan fingerprint density at radius 2 is 1.88 bits per heavy atom. The second-order valence-electron chi connectivity index (χ2n) is 5.11. The molecule has 1 aromatic rings. The van der Waals surface area contributed by atoms with Crippen LogP contribution >= 0.6 is 0 Å². The average Bonchev–Trinajstić information content (AvgIpc) is 2.51. The summed E-state index contributed by atoms with van der Waals surface area (Å²) in [5.74, 6) is -1.42. The van der Waals surface area contributed by atoms with Crippen LogP contribution in [0.5, 0.6) is 5.75 Å². The number of nitrogens with two attached hydrogens (primary N) is 1. The number of esters is 1. The van der Waals surface area contributed by atoms with Gasteiger partial charge in [-0.25, -0.2) is 4.79 Å². The minimum absolute atomic E-state index is 0.0944. The molecule has 0 spiro atoms. The molecule has 1 rings (SSSR count). The number of ether oxygens (including phenoxy) is 2. The Balaban J connectivity index is 2.58. The van der Waals surface area contributed by atoms with Crippen molar-refractivity contribution in [2.75, 3.05) is 7.11 Å². The predicted molar refractivity (Wildman–Crippen MR) is 84.6 cm³/mol. The first-order chi connectivity index (χ1) is 11.2. The first kappa shape index (κ1) is 19.1. The highest BCUT2D eigenvalue weighted by Crippen LogP contribution is 2.21. The molecule has 0 aromatic heterocycles. The smallest absolute Gasteiger partial charge is 0.318 e. The molecule has 130 valence electrons. The van der Waals surface area contributed by atoms with Crippen molar-refractivity contribution >= 4 is 23.7 Å². The Morgan fingerprint density at radius 1 is 1.21 bits per heavy atom. The second kappa shape index (κ2) is 8.66. The summed E-state index contributed by atoms with van der Waals surface area (Å²) in [6.45, 7) is 3.13. The number of carbonyl (C=O) groups is 4. The molecule has 0 fully saturated rings. The summed E-state index contributed by atoms with van der Waals surface area (Å²) in [5.41, 5.74) is 6.06. The third kappa shape index (κ3) is 5.71. The number of primary amides is 1. The van der Waals surface area contributed by atoms with E-state index in [0.717, 1.165) is 5.56 Å². The lowest BCUT2D eigenvalue weighted by atomic mass is 10.0. The largest absolute Gasteiger partial charge is 0.496 e. The molecule has 0 saturated carbocycles. The number of hydrogen-bond acceptors (Lipinski definition) is 6. The Bertz CT molecular complexity index is 656. The molecule has 1 unspecified atom stereocenters. The summed E-state index contributed by atoms with van der Waals surface area (Å²) in [5, 5.41) is 1.80. The summed E-state index contributed by atoms with van der Waals surface area (Å²) in [6.07, 6.45) is -1.49. The zero-order chi connectivity index (χ0) is 18.3. The summed E-state index contributed by atoms with van der Waals surface area (Å²) >= 11 is 0. The maximum Gasteiger partial charge on any atom is 0.318 e. The maximum absolute atomic E-state index is 12.2. The van der Waals surface area contributed by atoms with Gasteiger partial charge in [0.1, 0.15) is 5.75 Å². The lowest BCUT2D eigenvalue weighted by molar-refractivity contribution is -0.154. The van der Waals surface area contributed by atoms with Crippen LogP contribution in [-0.4, -0.2) is 36.9 Å². The molecule has 0 bridgehead atoms. The van der Waals surface area contributed by atoms with Crippen LogP contribution in [0.25, 0.3) is 0 Å².